The monoisotopic (exact) mass is 174 g/mol. The minimum Gasteiger partial charge on any atom is -0.368 e. The SMILES string of the molecule is CCCNc1n[nH]c2cc[c]cc12. The number of fused-ring (bicyclic) bond motifs is 1. The molecule has 0 bridgehead atoms. The number of H-pyrrole nitrogens is 1. The molecule has 0 aliphatic heterocycles. The van der Waals surface area contributed by atoms with Crippen molar-refractivity contribution >= 4 is 16.7 Å². The highest BCUT2D eigenvalue weighted by atomic mass is 15.2. The standard InChI is InChI=1S/C10H12N3/c1-2-7-11-10-8-5-3-4-6-9(8)12-13-10/h4-6H,2,7H2,1H3,(H2,11,12,13). The zero-order valence-electron chi connectivity index (χ0n) is 7.59. The van der Waals surface area contributed by atoms with Crippen LogP contribution in [-0.4, -0.2) is 16.7 Å². The van der Waals surface area contributed by atoms with Crippen LogP contribution in [0.1, 0.15) is 13.3 Å². The Balaban J connectivity index is 2.35. The maximum absolute atomic E-state index is 4.18. The minimum absolute atomic E-state index is 0.925. The normalized spacial score (nSPS) is 10.5. The summed E-state index contributed by atoms with van der Waals surface area (Å²) in [6.45, 7) is 3.09. The molecule has 2 rings (SSSR count). The Labute approximate surface area is 77.2 Å². The van der Waals surface area contributed by atoms with Crippen LogP contribution >= 0.6 is 0 Å². The van der Waals surface area contributed by atoms with Gasteiger partial charge in [0.2, 0.25) is 0 Å². The highest BCUT2D eigenvalue weighted by Gasteiger charge is 2.01. The Morgan fingerprint density at radius 2 is 2.54 bits per heavy atom. The zero-order chi connectivity index (χ0) is 9.10. The van der Waals surface area contributed by atoms with Crippen LogP contribution < -0.4 is 5.32 Å². The Bertz CT molecular complexity index is 392. The molecule has 0 atom stereocenters. The molecule has 0 aliphatic rings. The Kier molecular flexibility index (Phi) is 2.17. The number of aromatic nitrogens is 2. The second kappa shape index (κ2) is 3.47. The van der Waals surface area contributed by atoms with Crippen LogP contribution in [0.4, 0.5) is 5.82 Å². The summed E-state index contributed by atoms with van der Waals surface area (Å²) in [4.78, 5) is 0. The fourth-order valence-corrected chi connectivity index (χ4v) is 1.28. The van der Waals surface area contributed by atoms with E-state index in [9.17, 15) is 0 Å². The van der Waals surface area contributed by atoms with E-state index < -0.39 is 0 Å². The molecule has 2 N–H and O–H groups in total. The van der Waals surface area contributed by atoms with Gasteiger partial charge in [-0.2, -0.15) is 5.10 Å². The van der Waals surface area contributed by atoms with Gasteiger partial charge < -0.3 is 5.32 Å². The lowest BCUT2D eigenvalue weighted by Gasteiger charge is -1.98. The number of hydrogen-bond donors (Lipinski definition) is 2. The van der Waals surface area contributed by atoms with E-state index in [1.165, 1.54) is 0 Å². The van der Waals surface area contributed by atoms with Crippen molar-refractivity contribution in [2.24, 2.45) is 0 Å². The summed E-state index contributed by atoms with van der Waals surface area (Å²) in [5, 5.41) is 11.5. The quantitative estimate of drug-likeness (QED) is 0.748. The smallest absolute Gasteiger partial charge is 0.155 e. The van der Waals surface area contributed by atoms with E-state index >= 15 is 0 Å². The average Bonchev–Trinajstić information content (AvgIpc) is 2.58. The van der Waals surface area contributed by atoms with Crippen molar-refractivity contribution < 1.29 is 0 Å². The molecule has 2 aromatic rings. The van der Waals surface area contributed by atoms with Crippen LogP contribution in [0.5, 0.6) is 0 Å². The molecule has 3 heteroatoms. The third-order valence-corrected chi connectivity index (χ3v) is 1.95. The maximum Gasteiger partial charge on any atom is 0.155 e. The van der Waals surface area contributed by atoms with Crippen molar-refractivity contribution in [2.45, 2.75) is 13.3 Å². The minimum atomic E-state index is 0.925. The van der Waals surface area contributed by atoms with Crippen LogP contribution in [0.2, 0.25) is 0 Å². The highest BCUT2D eigenvalue weighted by Crippen LogP contribution is 2.18. The molecule has 1 heterocycles. The van der Waals surface area contributed by atoms with Crippen molar-refractivity contribution in [2.75, 3.05) is 11.9 Å². The van der Waals surface area contributed by atoms with Gasteiger partial charge in [0.25, 0.3) is 0 Å². The number of hydrogen-bond acceptors (Lipinski definition) is 2. The van der Waals surface area contributed by atoms with E-state index in [4.69, 9.17) is 0 Å². The molecule has 0 unspecified atom stereocenters. The summed E-state index contributed by atoms with van der Waals surface area (Å²) >= 11 is 0. The van der Waals surface area contributed by atoms with E-state index in [0.717, 1.165) is 29.7 Å². The fraction of sp³-hybridized carbons (Fsp3) is 0.300. The van der Waals surface area contributed by atoms with Gasteiger partial charge in [0, 0.05) is 11.9 Å². The summed E-state index contributed by atoms with van der Waals surface area (Å²) in [5.74, 6) is 0.925. The van der Waals surface area contributed by atoms with E-state index in [2.05, 4.69) is 28.5 Å². The van der Waals surface area contributed by atoms with Crippen LogP contribution in [0.3, 0.4) is 0 Å². The number of rotatable bonds is 3. The van der Waals surface area contributed by atoms with Crippen molar-refractivity contribution in [3.8, 4) is 0 Å². The predicted octanol–water partition coefficient (Wildman–Crippen LogP) is 2.18. The molecule has 67 valence electrons. The second-order valence-corrected chi connectivity index (χ2v) is 2.97. The number of anilines is 1. The average molecular weight is 174 g/mol. The third-order valence-electron chi connectivity index (χ3n) is 1.95. The Hall–Kier alpha value is -1.51. The first-order chi connectivity index (χ1) is 6.42. The Morgan fingerprint density at radius 1 is 1.62 bits per heavy atom. The van der Waals surface area contributed by atoms with E-state index in [1.807, 2.05) is 18.2 Å². The molecule has 3 nitrogen and oxygen atoms in total. The van der Waals surface area contributed by atoms with Gasteiger partial charge in [-0.25, -0.2) is 0 Å². The number of nitrogens with one attached hydrogen (secondary N) is 2. The molecule has 1 aromatic heterocycles. The molecular formula is C10H12N3. The first-order valence-electron chi connectivity index (χ1n) is 4.50. The van der Waals surface area contributed by atoms with E-state index in [0.29, 0.717) is 0 Å². The molecule has 1 radical (unpaired) electrons. The molecular weight excluding hydrogens is 162 g/mol. The second-order valence-electron chi connectivity index (χ2n) is 2.97. The molecule has 13 heavy (non-hydrogen) atoms. The van der Waals surface area contributed by atoms with Crippen LogP contribution in [0, 0.1) is 6.07 Å². The zero-order valence-corrected chi connectivity index (χ0v) is 7.59. The molecule has 0 saturated carbocycles. The van der Waals surface area contributed by atoms with Gasteiger partial charge in [0.1, 0.15) is 0 Å². The van der Waals surface area contributed by atoms with Crippen LogP contribution in [0.25, 0.3) is 10.9 Å². The summed E-state index contributed by atoms with van der Waals surface area (Å²) in [7, 11) is 0. The summed E-state index contributed by atoms with van der Waals surface area (Å²) < 4.78 is 0. The van der Waals surface area contributed by atoms with Gasteiger partial charge in [-0.05, 0) is 24.6 Å². The summed E-state index contributed by atoms with van der Waals surface area (Å²) in [6, 6.07) is 8.83. The molecule has 0 amide bonds. The van der Waals surface area contributed by atoms with Gasteiger partial charge in [-0.15, -0.1) is 0 Å². The van der Waals surface area contributed by atoms with Crippen molar-refractivity contribution in [1.82, 2.24) is 10.2 Å². The maximum atomic E-state index is 4.18. The number of benzene rings is 1. The largest absolute Gasteiger partial charge is 0.368 e. The van der Waals surface area contributed by atoms with E-state index in [-0.39, 0.29) is 0 Å². The first-order valence-corrected chi connectivity index (χ1v) is 4.50. The van der Waals surface area contributed by atoms with Gasteiger partial charge in [-0.3, -0.25) is 5.10 Å². The molecule has 0 aliphatic carbocycles. The highest BCUT2D eigenvalue weighted by molar-refractivity contribution is 5.89. The number of nitrogens with zero attached hydrogens (tertiary/aromatic N) is 1. The fourth-order valence-electron chi connectivity index (χ4n) is 1.28. The van der Waals surface area contributed by atoms with Gasteiger partial charge in [0.15, 0.2) is 5.82 Å². The van der Waals surface area contributed by atoms with Gasteiger partial charge in [0.05, 0.1) is 5.52 Å². The summed E-state index contributed by atoms with van der Waals surface area (Å²) in [5.41, 5.74) is 1.05. The Morgan fingerprint density at radius 3 is 3.38 bits per heavy atom. The number of aromatic amines is 1. The molecule has 0 saturated heterocycles. The van der Waals surface area contributed by atoms with Crippen molar-refractivity contribution in [1.29, 1.82) is 0 Å². The predicted molar refractivity (Wildman–Crippen MR) is 53.7 cm³/mol. The summed E-state index contributed by atoms with van der Waals surface area (Å²) in [6.07, 6.45) is 1.10. The van der Waals surface area contributed by atoms with Crippen molar-refractivity contribution in [3.63, 3.8) is 0 Å². The lowest BCUT2D eigenvalue weighted by molar-refractivity contribution is 0.963. The van der Waals surface area contributed by atoms with Crippen molar-refractivity contribution in [3.05, 3.63) is 24.3 Å². The lowest BCUT2D eigenvalue weighted by atomic mass is 10.2. The molecule has 0 spiro atoms. The van der Waals surface area contributed by atoms with E-state index in [1.54, 1.807) is 0 Å². The molecule has 0 fully saturated rings. The van der Waals surface area contributed by atoms with Crippen LogP contribution in [-0.2, 0) is 0 Å². The van der Waals surface area contributed by atoms with Gasteiger partial charge >= 0.3 is 0 Å². The third kappa shape index (κ3) is 1.49. The topological polar surface area (TPSA) is 40.7 Å². The van der Waals surface area contributed by atoms with Gasteiger partial charge in [-0.1, -0.05) is 13.0 Å². The van der Waals surface area contributed by atoms with Crippen LogP contribution in [0.15, 0.2) is 18.2 Å². The first kappa shape index (κ1) is 8.10. The lowest BCUT2D eigenvalue weighted by Crippen LogP contribution is -1.99. The molecule has 1 aromatic carbocycles.